The molecule has 2 heterocycles. The van der Waals surface area contributed by atoms with Gasteiger partial charge in [0.1, 0.15) is 11.9 Å². The van der Waals surface area contributed by atoms with Gasteiger partial charge in [-0.2, -0.15) is 0 Å². The summed E-state index contributed by atoms with van der Waals surface area (Å²) >= 11 is 3.18. The first-order chi connectivity index (χ1) is 9.99. The average molecular weight is 357 g/mol. The van der Waals surface area contributed by atoms with Gasteiger partial charge < -0.3 is 10.4 Å². The lowest BCUT2D eigenvalue weighted by Crippen LogP contribution is -2.12. The fraction of sp³-hybridized carbons (Fsp3) is 0.200. The summed E-state index contributed by atoms with van der Waals surface area (Å²) in [6, 6.07) is 0. The Morgan fingerprint density at radius 3 is 2.90 bits per heavy atom. The van der Waals surface area contributed by atoms with Gasteiger partial charge in [0.25, 0.3) is 0 Å². The van der Waals surface area contributed by atoms with Gasteiger partial charge in [0.2, 0.25) is 0 Å². The number of nitrogens with zero attached hydrogens (tertiary/aromatic N) is 5. The first-order valence-electron chi connectivity index (χ1n) is 5.64. The number of nitro groups is 1. The lowest BCUT2D eigenvalue weighted by atomic mass is 10.3. The van der Waals surface area contributed by atoms with Gasteiger partial charge in [-0.05, 0) is 15.9 Å². The smallest absolute Gasteiger partial charge is 0.358 e. The zero-order valence-electron chi connectivity index (χ0n) is 10.4. The highest BCUT2D eigenvalue weighted by molar-refractivity contribution is 9.10. The van der Waals surface area contributed by atoms with Crippen LogP contribution in [0.5, 0.6) is 0 Å². The highest BCUT2D eigenvalue weighted by atomic mass is 79.9. The second-order valence-electron chi connectivity index (χ2n) is 3.87. The van der Waals surface area contributed by atoms with Crippen molar-refractivity contribution in [3.8, 4) is 0 Å². The Morgan fingerprint density at radius 2 is 2.29 bits per heavy atom. The molecule has 0 aliphatic heterocycles. The normalized spacial score (nSPS) is 10.3. The minimum Gasteiger partial charge on any atom is -0.476 e. The number of pyridine rings is 1. The third kappa shape index (κ3) is 3.51. The molecule has 0 amide bonds. The molecule has 0 unspecified atom stereocenters. The molecule has 0 atom stereocenters. The van der Waals surface area contributed by atoms with Crippen LogP contribution in [0.25, 0.3) is 0 Å². The van der Waals surface area contributed by atoms with Crippen LogP contribution in [0.4, 0.5) is 11.4 Å². The summed E-state index contributed by atoms with van der Waals surface area (Å²) in [5.74, 6) is -1.17. The van der Waals surface area contributed by atoms with E-state index < -0.39 is 10.9 Å². The van der Waals surface area contributed by atoms with Crippen molar-refractivity contribution in [2.45, 2.75) is 6.54 Å². The van der Waals surface area contributed by atoms with Crippen molar-refractivity contribution in [2.24, 2.45) is 0 Å². The highest BCUT2D eigenvalue weighted by Gasteiger charge is 2.17. The van der Waals surface area contributed by atoms with Crippen LogP contribution in [0.2, 0.25) is 0 Å². The lowest BCUT2D eigenvalue weighted by molar-refractivity contribution is -0.384. The summed E-state index contributed by atoms with van der Waals surface area (Å²) in [6.07, 6.45) is 3.86. The number of halogens is 1. The van der Waals surface area contributed by atoms with E-state index in [1.165, 1.54) is 17.1 Å². The Hall–Kier alpha value is -2.56. The molecular weight excluding hydrogens is 348 g/mol. The molecule has 110 valence electrons. The van der Waals surface area contributed by atoms with E-state index in [-0.39, 0.29) is 11.4 Å². The molecule has 2 aromatic heterocycles. The van der Waals surface area contributed by atoms with Gasteiger partial charge in [0.05, 0.1) is 22.1 Å². The van der Waals surface area contributed by atoms with E-state index in [0.717, 1.165) is 6.20 Å². The molecule has 2 N–H and O–H groups in total. The van der Waals surface area contributed by atoms with Crippen LogP contribution in [0.15, 0.2) is 23.1 Å². The molecule has 10 nitrogen and oxygen atoms in total. The van der Waals surface area contributed by atoms with Crippen molar-refractivity contribution in [1.82, 2.24) is 20.0 Å². The second kappa shape index (κ2) is 6.26. The van der Waals surface area contributed by atoms with E-state index in [4.69, 9.17) is 5.11 Å². The summed E-state index contributed by atoms with van der Waals surface area (Å²) in [7, 11) is 0. The van der Waals surface area contributed by atoms with Crippen LogP contribution >= 0.6 is 15.9 Å². The van der Waals surface area contributed by atoms with Crippen molar-refractivity contribution in [1.29, 1.82) is 0 Å². The van der Waals surface area contributed by atoms with Gasteiger partial charge in [0.15, 0.2) is 5.69 Å². The average Bonchev–Trinajstić information content (AvgIpc) is 2.89. The Balaban J connectivity index is 2.03. The molecule has 2 aromatic rings. The molecule has 0 aliphatic carbocycles. The summed E-state index contributed by atoms with van der Waals surface area (Å²) < 4.78 is 1.79. The Morgan fingerprint density at radius 1 is 1.52 bits per heavy atom. The zero-order valence-corrected chi connectivity index (χ0v) is 12.0. The molecule has 0 fully saturated rings. The van der Waals surface area contributed by atoms with Crippen LogP contribution < -0.4 is 5.32 Å². The van der Waals surface area contributed by atoms with Crippen molar-refractivity contribution < 1.29 is 14.8 Å². The second-order valence-corrected chi connectivity index (χ2v) is 4.73. The number of rotatable bonds is 6. The Labute approximate surface area is 126 Å². The van der Waals surface area contributed by atoms with Crippen molar-refractivity contribution in [2.75, 3.05) is 11.9 Å². The maximum atomic E-state index is 10.9. The summed E-state index contributed by atoms with van der Waals surface area (Å²) in [5.41, 5.74) is -0.0196. The predicted octanol–water partition coefficient (Wildman–Crippen LogP) is 1.15. The van der Waals surface area contributed by atoms with E-state index in [2.05, 4.69) is 36.5 Å². The van der Waals surface area contributed by atoms with Crippen molar-refractivity contribution >= 4 is 33.3 Å². The number of anilines is 1. The number of carboxylic acids is 1. The monoisotopic (exact) mass is 356 g/mol. The molecule has 0 aromatic carbocycles. The van der Waals surface area contributed by atoms with Crippen LogP contribution in [0, 0.1) is 10.1 Å². The Kier molecular flexibility index (Phi) is 4.42. The topological polar surface area (TPSA) is 136 Å². The maximum absolute atomic E-state index is 10.9. The third-order valence-electron chi connectivity index (χ3n) is 2.48. The third-order valence-corrected chi connectivity index (χ3v) is 3.08. The molecule has 0 saturated carbocycles. The first-order valence-corrected chi connectivity index (χ1v) is 6.43. The molecule has 2 rings (SSSR count). The molecular formula is C10H9BrN6O4. The van der Waals surface area contributed by atoms with Crippen LogP contribution in [0.3, 0.4) is 0 Å². The quantitative estimate of drug-likeness (QED) is 0.580. The van der Waals surface area contributed by atoms with Gasteiger partial charge in [-0.15, -0.1) is 5.10 Å². The van der Waals surface area contributed by atoms with E-state index in [1.807, 2.05) is 0 Å². The van der Waals surface area contributed by atoms with Gasteiger partial charge in [-0.1, -0.05) is 5.21 Å². The van der Waals surface area contributed by atoms with E-state index in [1.54, 1.807) is 0 Å². The number of carbonyl (C=O) groups is 1. The van der Waals surface area contributed by atoms with Gasteiger partial charge in [0, 0.05) is 12.7 Å². The number of hydrogen-bond acceptors (Lipinski definition) is 7. The largest absolute Gasteiger partial charge is 0.476 e. The highest BCUT2D eigenvalue weighted by Crippen LogP contribution is 2.30. The number of nitrogens with one attached hydrogen (secondary N) is 1. The van der Waals surface area contributed by atoms with Crippen LogP contribution in [0.1, 0.15) is 10.5 Å². The van der Waals surface area contributed by atoms with E-state index in [9.17, 15) is 14.9 Å². The van der Waals surface area contributed by atoms with Crippen molar-refractivity contribution in [3.63, 3.8) is 0 Å². The standard InChI is InChI=1S/C10H9BrN6O4/c11-6-3-12-4-8(17(20)21)9(6)13-1-2-16-5-7(10(18)19)14-15-16/h3-5H,1-2H2,(H,12,13)(H,18,19). The Bertz CT molecular complexity index is 688. The molecule has 21 heavy (non-hydrogen) atoms. The summed E-state index contributed by atoms with van der Waals surface area (Å²) in [5, 5.41) is 29.6. The van der Waals surface area contributed by atoms with Gasteiger partial charge >= 0.3 is 11.7 Å². The summed E-state index contributed by atoms with van der Waals surface area (Å²) in [6.45, 7) is 0.595. The molecule has 0 bridgehead atoms. The number of aromatic nitrogens is 4. The van der Waals surface area contributed by atoms with Gasteiger partial charge in [-0.25, -0.2) is 9.48 Å². The number of aromatic carboxylic acids is 1. The molecule has 0 aliphatic rings. The lowest BCUT2D eigenvalue weighted by Gasteiger charge is -2.08. The van der Waals surface area contributed by atoms with E-state index >= 15 is 0 Å². The number of carboxylic acid groups (broad SMARTS) is 1. The fourth-order valence-corrected chi connectivity index (χ4v) is 2.00. The fourth-order valence-electron chi connectivity index (χ4n) is 1.54. The minimum atomic E-state index is -1.17. The maximum Gasteiger partial charge on any atom is 0.358 e. The molecule has 0 saturated heterocycles. The molecule has 0 radical (unpaired) electrons. The predicted molar refractivity (Wildman–Crippen MR) is 74.1 cm³/mol. The van der Waals surface area contributed by atoms with Crippen LogP contribution in [-0.2, 0) is 6.54 Å². The van der Waals surface area contributed by atoms with Crippen molar-refractivity contribution in [3.05, 3.63) is 38.9 Å². The molecule has 0 spiro atoms. The SMILES string of the molecule is O=C(O)c1cn(CCNc2c(Br)cncc2[N+](=O)[O-])nn1. The minimum absolute atomic E-state index is 0.158. The first kappa shape index (κ1) is 14.8. The summed E-state index contributed by atoms with van der Waals surface area (Å²) in [4.78, 5) is 24.7. The van der Waals surface area contributed by atoms with E-state index in [0.29, 0.717) is 23.2 Å². The molecule has 11 heteroatoms. The number of hydrogen-bond donors (Lipinski definition) is 2. The zero-order chi connectivity index (χ0) is 15.4. The van der Waals surface area contributed by atoms with Crippen LogP contribution in [-0.4, -0.2) is 42.5 Å². The van der Waals surface area contributed by atoms with Gasteiger partial charge in [-0.3, -0.25) is 15.1 Å².